The van der Waals surface area contributed by atoms with E-state index in [0.717, 1.165) is 0 Å². The molecule has 0 saturated heterocycles. The molecule has 0 aliphatic carbocycles. The average molecular weight is 288 g/mol. The molecule has 7 heteroatoms. The van der Waals surface area contributed by atoms with Gasteiger partial charge in [-0.2, -0.15) is 0 Å². The van der Waals surface area contributed by atoms with E-state index in [1.165, 1.54) is 0 Å². The Morgan fingerprint density at radius 1 is 1.53 bits per heavy atom. The summed E-state index contributed by atoms with van der Waals surface area (Å²) in [6.07, 6.45) is 0.152. The molecule has 19 heavy (non-hydrogen) atoms. The smallest absolute Gasteiger partial charge is 0.407 e. The van der Waals surface area contributed by atoms with Crippen molar-refractivity contribution in [1.29, 1.82) is 0 Å². The summed E-state index contributed by atoms with van der Waals surface area (Å²) >= 11 is 5.80. The highest BCUT2D eigenvalue weighted by Gasteiger charge is 2.16. The van der Waals surface area contributed by atoms with Gasteiger partial charge in [-0.15, -0.1) is 0 Å². The number of carbonyl (C=O) groups is 2. The fourth-order valence-corrected chi connectivity index (χ4v) is 1.79. The van der Waals surface area contributed by atoms with Crippen molar-refractivity contribution in [3.8, 4) is 0 Å². The minimum Gasteiger partial charge on any atom is -0.444 e. The molecule has 0 radical (unpaired) electrons. The van der Waals surface area contributed by atoms with Crippen LogP contribution in [-0.2, 0) is 11.3 Å². The monoisotopic (exact) mass is 287 g/mol. The number of aromatic nitrogens is 2. The van der Waals surface area contributed by atoms with Crippen LogP contribution in [0.25, 0.3) is 0 Å². The number of amides is 1. The first-order chi connectivity index (χ1) is 8.74. The summed E-state index contributed by atoms with van der Waals surface area (Å²) in [4.78, 5) is 26.3. The molecule has 0 fully saturated rings. The van der Waals surface area contributed by atoms with Gasteiger partial charge in [0.15, 0.2) is 11.4 Å². The molecule has 0 saturated carbocycles. The molecule has 1 rings (SSSR count). The minimum absolute atomic E-state index is 0.171. The van der Waals surface area contributed by atoms with Gasteiger partial charge in [0.25, 0.3) is 0 Å². The Labute approximate surface area is 117 Å². The molecule has 1 aromatic rings. The van der Waals surface area contributed by atoms with E-state index in [-0.39, 0.29) is 5.15 Å². The van der Waals surface area contributed by atoms with Crippen molar-refractivity contribution >= 4 is 24.0 Å². The molecule has 0 spiro atoms. The highest BCUT2D eigenvalue weighted by molar-refractivity contribution is 6.31. The largest absolute Gasteiger partial charge is 0.444 e. The number of rotatable bonds is 4. The van der Waals surface area contributed by atoms with Crippen molar-refractivity contribution in [1.82, 2.24) is 14.9 Å². The molecule has 0 aliphatic heterocycles. The van der Waals surface area contributed by atoms with E-state index in [9.17, 15) is 9.59 Å². The molecule has 1 aromatic heterocycles. The number of hydrogen-bond acceptors (Lipinski definition) is 4. The first kappa shape index (κ1) is 15.5. The highest BCUT2D eigenvalue weighted by Crippen LogP contribution is 2.14. The molecule has 0 bridgehead atoms. The molecule has 6 nitrogen and oxygen atoms in total. The Bertz CT molecular complexity index is 477. The third-order valence-electron chi connectivity index (χ3n) is 2.27. The van der Waals surface area contributed by atoms with Crippen LogP contribution in [0.2, 0.25) is 5.15 Å². The van der Waals surface area contributed by atoms with Gasteiger partial charge in [-0.1, -0.05) is 11.6 Å². The fourth-order valence-electron chi connectivity index (χ4n) is 1.52. The van der Waals surface area contributed by atoms with Gasteiger partial charge in [0.2, 0.25) is 0 Å². The van der Waals surface area contributed by atoms with Gasteiger partial charge in [-0.25, -0.2) is 9.78 Å². The second-order valence-corrected chi connectivity index (χ2v) is 5.39. The lowest BCUT2D eigenvalue weighted by Crippen LogP contribution is -2.34. The highest BCUT2D eigenvalue weighted by atomic mass is 35.5. The summed E-state index contributed by atoms with van der Waals surface area (Å²) < 4.78 is 6.74. The zero-order chi connectivity index (χ0) is 14.6. The topological polar surface area (TPSA) is 73.2 Å². The lowest BCUT2D eigenvalue weighted by molar-refractivity contribution is 0.0526. The van der Waals surface area contributed by atoms with Crippen molar-refractivity contribution in [2.24, 2.45) is 0 Å². The first-order valence-corrected chi connectivity index (χ1v) is 6.27. The van der Waals surface area contributed by atoms with Crippen LogP contribution in [0.4, 0.5) is 4.79 Å². The normalized spacial score (nSPS) is 11.2. The number of alkyl carbamates (subject to hydrolysis) is 1. The van der Waals surface area contributed by atoms with Crippen LogP contribution in [0.5, 0.6) is 0 Å². The third-order valence-corrected chi connectivity index (χ3v) is 2.55. The van der Waals surface area contributed by atoms with Crippen LogP contribution >= 0.6 is 11.6 Å². The zero-order valence-electron chi connectivity index (χ0n) is 11.5. The lowest BCUT2D eigenvalue weighted by atomic mass is 10.2. The quantitative estimate of drug-likeness (QED) is 0.862. The van der Waals surface area contributed by atoms with E-state index in [1.807, 2.05) is 0 Å². The molecule has 106 valence electrons. The second-order valence-electron chi connectivity index (χ2n) is 5.03. The van der Waals surface area contributed by atoms with E-state index in [0.29, 0.717) is 30.9 Å². The number of nitrogens with one attached hydrogen (secondary N) is 1. The van der Waals surface area contributed by atoms with E-state index >= 15 is 0 Å². The summed E-state index contributed by atoms with van der Waals surface area (Å²) in [6, 6.07) is 0. The maximum Gasteiger partial charge on any atom is 0.407 e. The molecule has 0 aromatic carbocycles. The maximum absolute atomic E-state index is 11.4. The van der Waals surface area contributed by atoms with Gasteiger partial charge >= 0.3 is 6.09 Å². The predicted molar refractivity (Wildman–Crippen MR) is 71.6 cm³/mol. The number of ether oxygens (including phenoxy) is 1. The van der Waals surface area contributed by atoms with Crippen molar-refractivity contribution in [3.05, 3.63) is 16.7 Å². The molecule has 1 heterocycles. The summed E-state index contributed by atoms with van der Waals surface area (Å²) in [5.74, 6) is 0.623. The minimum atomic E-state index is -0.535. The van der Waals surface area contributed by atoms with Gasteiger partial charge in [0.1, 0.15) is 17.1 Å². The van der Waals surface area contributed by atoms with Crippen LogP contribution in [0.1, 0.15) is 37.1 Å². The molecule has 0 aliphatic rings. The Morgan fingerprint density at radius 3 is 2.68 bits per heavy atom. The SMILES string of the molecule is Cc1nc(Cl)c(C=O)n1CCNC(=O)OC(C)(C)C. The van der Waals surface area contributed by atoms with E-state index < -0.39 is 11.7 Å². The standard InChI is InChI=1S/C12H18ClN3O3/c1-8-15-10(13)9(7-17)16(8)6-5-14-11(18)19-12(2,3)4/h7H,5-6H2,1-4H3,(H,14,18). The Balaban J connectivity index is 2.54. The molecular weight excluding hydrogens is 270 g/mol. The van der Waals surface area contributed by atoms with E-state index in [4.69, 9.17) is 16.3 Å². The van der Waals surface area contributed by atoms with Gasteiger partial charge in [0, 0.05) is 13.1 Å². The second kappa shape index (κ2) is 6.06. The van der Waals surface area contributed by atoms with Gasteiger partial charge in [-0.3, -0.25) is 4.79 Å². The predicted octanol–water partition coefficient (Wildman–Crippen LogP) is 2.18. The van der Waals surface area contributed by atoms with Crippen LogP contribution in [-0.4, -0.2) is 34.1 Å². The number of carbonyl (C=O) groups excluding carboxylic acids is 2. The Morgan fingerprint density at radius 2 is 2.16 bits per heavy atom. The number of hydrogen-bond donors (Lipinski definition) is 1. The van der Waals surface area contributed by atoms with Crippen molar-refractivity contribution in [3.63, 3.8) is 0 Å². The van der Waals surface area contributed by atoms with Crippen molar-refractivity contribution in [2.45, 2.75) is 39.8 Å². The number of halogens is 1. The lowest BCUT2D eigenvalue weighted by Gasteiger charge is -2.19. The summed E-state index contributed by atoms with van der Waals surface area (Å²) in [5.41, 5.74) is -0.225. The molecule has 0 atom stereocenters. The number of nitrogens with zero attached hydrogens (tertiary/aromatic N) is 2. The molecule has 1 N–H and O–H groups in total. The summed E-state index contributed by atoms with van der Waals surface area (Å²) in [6.45, 7) is 7.83. The van der Waals surface area contributed by atoms with Gasteiger partial charge < -0.3 is 14.6 Å². The van der Waals surface area contributed by atoms with E-state index in [2.05, 4.69) is 10.3 Å². The average Bonchev–Trinajstić information content (AvgIpc) is 2.50. The van der Waals surface area contributed by atoms with Gasteiger partial charge in [0.05, 0.1) is 0 Å². The zero-order valence-corrected chi connectivity index (χ0v) is 12.2. The third kappa shape index (κ3) is 4.55. The summed E-state index contributed by atoms with van der Waals surface area (Å²) in [5, 5.41) is 2.78. The first-order valence-electron chi connectivity index (χ1n) is 5.89. The van der Waals surface area contributed by atoms with Crippen LogP contribution in [0.15, 0.2) is 0 Å². The van der Waals surface area contributed by atoms with Crippen molar-refractivity contribution < 1.29 is 14.3 Å². The number of aldehydes is 1. The molecule has 1 amide bonds. The molecule has 0 unspecified atom stereocenters. The number of aryl methyl sites for hydroxylation is 1. The number of imidazole rings is 1. The maximum atomic E-state index is 11.4. The van der Waals surface area contributed by atoms with Crippen LogP contribution in [0, 0.1) is 6.92 Å². The fraction of sp³-hybridized carbons (Fsp3) is 0.583. The van der Waals surface area contributed by atoms with E-state index in [1.54, 1.807) is 32.3 Å². The Hall–Kier alpha value is -1.56. The van der Waals surface area contributed by atoms with Gasteiger partial charge in [-0.05, 0) is 27.7 Å². The van der Waals surface area contributed by atoms with Crippen LogP contribution < -0.4 is 5.32 Å². The van der Waals surface area contributed by atoms with Crippen molar-refractivity contribution in [2.75, 3.05) is 6.54 Å². The molecular formula is C12H18ClN3O3. The summed E-state index contributed by atoms with van der Waals surface area (Å²) in [7, 11) is 0. The Kier molecular flexibility index (Phi) is 4.94. The van der Waals surface area contributed by atoms with Crippen LogP contribution in [0.3, 0.4) is 0 Å².